The van der Waals surface area contributed by atoms with Crippen LogP contribution in [0.1, 0.15) is 40.9 Å². The van der Waals surface area contributed by atoms with E-state index in [0.717, 1.165) is 0 Å². The van der Waals surface area contributed by atoms with E-state index >= 15 is 0 Å². The number of carbonyl (C=O) groups is 1. The molecule has 0 saturated heterocycles. The smallest absolute Gasteiger partial charge is 0.353 e. The average molecular weight is 395 g/mol. The number of cyclic esters (lactones) is 1. The number of methoxy groups -OCH3 is 1. The summed E-state index contributed by atoms with van der Waals surface area (Å²) in [4.78, 5) is 31.3. The van der Waals surface area contributed by atoms with Gasteiger partial charge < -0.3 is 24.4 Å². The van der Waals surface area contributed by atoms with Crippen LogP contribution in [0.3, 0.4) is 0 Å². The van der Waals surface area contributed by atoms with Crippen LogP contribution < -0.4 is 4.74 Å². The standard InChI is InChI=1S/C18H22NO7P/c1-9(2)12(7-19)14(27(22,23)24)6-5-11-16(20)15-13(8-26-18(15)21)10(3)17(11)25-4/h6,9,12,20H,5,8H2,1-4H3,(H2,22,23,24). The minimum atomic E-state index is -4.69. The fourth-order valence-corrected chi connectivity index (χ4v) is 4.27. The monoisotopic (exact) mass is 395 g/mol. The first-order valence-corrected chi connectivity index (χ1v) is 9.89. The number of allylic oxidation sites excluding steroid dienone is 2. The highest BCUT2D eigenvalue weighted by Gasteiger charge is 2.34. The lowest BCUT2D eigenvalue weighted by molar-refractivity contribution is 0.0533. The van der Waals surface area contributed by atoms with Crippen LogP contribution >= 0.6 is 7.60 Å². The van der Waals surface area contributed by atoms with Gasteiger partial charge in [-0.1, -0.05) is 19.9 Å². The topological polar surface area (TPSA) is 137 Å². The minimum Gasteiger partial charge on any atom is -0.507 e. The van der Waals surface area contributed by atoms with E-state index < -0.39 is 19.5 Å². The van der Waals surface area contributed by atoms with E-state index in [9.17, 15) is 29.5 Å². The number of hydrogen-bond acceptors (Lipinski definition) is 6. The summed E-state index contributed by atoms with van der Waals surface area (Å²) in [7, 11) is -3.30. The van der Waals surface area contributed by atoms with Gasteiger partial charge in [-0.15, -0.1) is 0 Å². The molecule has 0 aromatic heterocycles. The van der Waals surface area contributed by atoms with Crippen LogP contribution in [0.4, 0.5) is 0 Å². The fraction of sp³-hybridized carbons (Fsp3) is 0.444. The summed E-state index contributed by atoms with van der Waals surface area (Å²) in [6, 6.07) is 1.92. The molecule has 0 fully saturated rings. The molecule has 2 rings (SSSR count). The third kappa shape index (κ3) is 3.86. The zero-order valence-electron chi connectivity index (χ0n) is 15.5. The fourth-order valence-electron chi connectivity index (χ4n) is 3.22. The predicted molar refractivity (Wildman–Crippen MR) is 96.3 cm³/mol. The van der Waals surface area contributed by atoms with Crippen LogP contribution in [0.5, 0.6) is 11.5 Å². The molecule has 8 nitrogen and oxygen atoms in total. The number of carbonyl (C=O) groups excluding carboxylic acids is 1. The van der Waals surface area contributed by atoms with Gasteiger partial charge in [0.2, 0.25) is 0 Å². The molecule has 1 atom stereocenters. The molecule has 0 bridgehead atoms. The van der Waals surface area contributed by atoms with Crippen molar-refractivity contribution in [2.45, 2.75) is 33.8 Å². The van der Waals surface area contributed by atoms with Gasteiger partial charge in [-0.05, 0) is 24.8 Å². The number of nitrogens with zero attached hydrogens (tertiary/aromatic N) is 1. The maximum atomic E-state index is 11.9. The Balaban J connectivity index is 2.62. The minimum absolute atomic E-state index is 0.0254. The predicted octanol–water partition coefficient (Wildman–Crippen LogP) is 2.78. The first-order valence-electron chi connectivity index (χ1n) is 8.28. The van der Waals surface area contributed by atoms with Crippen molar-refractivity contribution in [1.82, 2.24) is 0 Å². The Bertz CT molecular complexity index is 892. The highest BCUT2D eigenvalue weighted by Crippen LogP contribution is 2.51. The van der Waals surface area contributed by atoms with Crippen molar-refractivity contribution in [1.29, 1.82) is 5.26 Å². The Morgan fingerprint density at radius 1 is 1.44 bits per heavy atom. The number of nitriles is 1. The molecule has 0 aliphatic carbocycles. The summed E-state index contributed by atoms with van der Waals surface area (Å²) in [6.45, 7) is 5.11. The summed E-state index contributed by atoms with van der Waals surface area (Å²) < 4.78 is 22.2. The lowest BCUT2D eigenvalue weighted by atomic mass is 9.93. The summed E-state index contributed by atoms with van der Waals surface area (Å²) >= 11 is 0. The maximum absolute atomic E-state index is 11.9. The first kappa shape index (κ1) is 21.0. The van der Waals surface area contributed by atoms with Gasteiger partial charge in [-0.3, -0.25) is 4.57 Å². The largest absolute Gasteiger partial charge is 0.507 e. The van der Waals surface area contributed by atoms with Crippen molar-refractivity contribution < 1.29 is 33.7 Å². The van der Waals surface area contributed by atoms with Crippen molar-refractivity contribution in [2.75, 3.05) is 7.11 Å². The highest BCUT2D eigenvalue weighted by atomic mass is 31.2. The van der Waals surface area contributed by atoms with Gasteiger partial charge in [0.15, 0.2) is 0 Å². The van der Waals surface area contributed by atoms with Crippen LogP contribution in [0.15, 0.2) is 11.4 Å². The van der Waals surface area contributed by atoms with Crippen LogP contribution in [-0.2, 0) is 22.3 Å². The maximum Gasteiger partial charge on any atom is 0.353 e. The van der Waals surface area contributed by atoms with Gasteiger partial charge in [0.05, 0.1) is 24.4 Å². The average Bonchev–Trinajstić information content (AvgIpc) is 2.96. The van der Waals surface area contributed by atoms with Crippen LogP contribution in [-0.4, -0.2) is 28.0 Å². The van der Waals surface area contributed by atoms with E-state index in [0.29, 0.717) is 16.9 Å². The number of rotatable bonds is 6. The van der Waals surface area contributed by atoms with E-state index in [2.05, 4.69) is 0 Å². The van der Waals surface area contributed by atoms with Crippen molar-refractivity contribution in [3.05, 3.63) is 33.6 Å². The molecule has 0 saturated carbocycles. The second-order valence-corrected chi connectivity index (χ2v) is 8.25. The Hall–Kier alpha value is -2.33. The lowest BCUT2D eigenvalue weighted by Gasteiger charge is -2.19. The Kier molecular flexibility index (Phi) is 6.01. The third-order valence-electron chi connectivity index (χ3n) is 4.62. The normalized spacial score (nSPS) is 15.3. The quantitative estimate of drug-likeness (QED) is 0.494. The summed E-state index contributed by atoms with van der Waals surface area (Å²) in [5.74, 6) is -2.00. The van der Waals surface area contributed by atoms with Gasteiger partial charge >= 0.3 is 13.6 Å². The molecule has 0 amide bonds. The van der Waals surface area contributed by atoms with E-state index in [-0.39, 0.29) is 41.1 Å². The van der Waals surface area contributed by atoms with Crippen molar-refractivity contribution in [3.8, 4) is 17.6 Å². The van der Waals surface area contributed by atoms with Gasteiger partial charge in [0.1, 0.15) is 23.7 Å². The number of esters is 1. The van der Waals surface area contributed by atoms with Gasteiger partial charge in [0.25, 0.3) is 0 Å². The molecule has 1 aromatic rings. The zero-order chi connectivity index (χ0) is 20.5. The van der Waals surface area contributed by atoms with Gasteiger partial charge in [-0.25, -0.2) is 4.79 Å². The first-order chi connectivity index (χ1) is 12.5. The van der Waals surface area contributed by atoms with Crippen molar-refractivity contribution >= 4 is 13.6 Å². The SMILES string of the molecule is COc1c(C)c2c(c(O)c1CC=C(C(C#N)C(C)C)P(=O)(O)O)C(=O)OC2. The van der Waals surface area contributed by atoms with Crippen molar-refractivity contribution in [3.63, 3.8) is 0 Å². The number of ether oxygens (including phenoxy) is 2. The van der Waals surface area contributed by atoms with Crippen LogP contribution in [0.2, 0.25) is 0 Å². The molecule has 9 heteroatoms. The number of phenolic OH excluding ortho intramolecular Hbond substituents is 1. The van der Waals surface area contributed by atoms with Crippen LogP contribution in [0, 0.1) is 30.1 Å². The van der Waals surface area contributed by atoms with E-state index in [1.807, 2.05) is 6.07 Å². The number of hydrogen-bond donors (Lipinski definition) is 3. The number of benzene rings is 1. The zero-order valence-corrected chi connectivity index (χ0v) is 16.4. The van der Waals surface area contributed by atoms with Crippen LogP contribution in [0.25, 0.3) is 0 Å². The molecule has 3 N–H and O–H groups in total. The third-order valence-corrected chi connectivity index (χ3v) is 5.76. The Labute approximate surface area is 157 Å². The van der Waals surface area contributed by atoms with Gasteiger partial charge in [0, 0.05) is 11.1 Å². The Morgan fingerprint density at radius 2 is 2.07 bits per heavy atom. The molecule has 0 spiro atoms. The molecule has 1 aliphatic heterocycles. The molecule has 1 aliphatic rings. The molecule has 1 aromatic carbocycles. The summed E-state index contributed by atoms with van der Waals surface area (Å²) in [6.07, 6.45) is 1.11. The molecule has 146 valence electrons. The van der Waals surface area contributed by atoms with Gasteiger partial charge in [-0.2, -0.15) is 5.26 Å². The molecule has 0 radical (unpaired) electrons. The second-order valence-electron chi connectivity index (χ2n) is 6.64. The van der Waals surface area contributed by atoms with E-state index in [4.69, 9.17) is 9.47 Å². The Morgan fingerprint density at radius 3 is 2.56 bits per heavy atom. The molecular formula is C18H22NO7P. The molecular weight excluding hydrogens is 373 g/mol. The van der Waals surface area contributed by atoms with E-state index in [1.54, 1.807) is 20.8 Å². The number of aromatic hydroxyl groups is 1. The second kappa shape index (κ2) is 7.73. The van der Waals surface area contributed by atoms with Crippen molar-refractivity contribution in [2.24, 2.45) is 11.8 Å². The molecule has 1 heterocycles. The number of phenols is 1. The molecule has 1 unspecified atom stereocenters. The number of fused-ring (bicyclic) bond motifs is 1. The highest BCUT2D eigenvalue weighted by molar-refractivity contribution is 7.56. The molecule has 27 heavy (non-hydrogen) atoms. The summed E-state index contributed by atoms with van der Waals surface area (Å²) in [5, 5.41) is 19.6. The van der Waals surface area contributed by atoms with E-state index in [1.165, 1.54) is 13.2 Å². The lowest BCUT2D eigenvalue weighted by Crippen LogP contribution is -2.11. The summed E-state index contributed by atoms with van der Waals surface area (Å²) in [5.41, 5.74) is 1.38.